The summed E-state index contributed by atoms with van der Waals surface area (Å²) in [7, 11) is 0. The third-order valence-electron chi connectivity index (χ3n) is 2.90. The first kappa shape index (κ1) is 15.2. The van der Waals surface area contributed by atoms with Gasteiger partial charge in [0, 0.05) is 5.69 Å². The fraction of sp³-hybridized carbons (Fsp3) is 0.143. The lowest BCUT2D eigenvalue weighted by atomic mass is 9.94. The summed E-state index contributed by atoms with van der Waals surface area (Å²) in [4.78, 5) is 0. The second-order valence-electron chi connectivity index (χ2n) is 4.31. The van der Waals surface area contributed by atoms with Crippen LogP contribution >= 0.6 is 0 Å². The van der Waals surface area contributed by atoms with Gasteiger partial charge in [0.2, 0.25) is 0 Å². The molecule has 0 heterocycles. The van der Waals surface area contributed by atoms with Crippen LogP contribution in [0.25, 0.3) is 11.1 Å². The summed E-state index contributed by atoms with van der Waals surface area (Å²) in [5.41, 5.74) is 1.15. The number of nitrogens with two attached hydrogens (primary N) is 1. The van der Waals surface area contributed by atoms with E-state index in [-0.39, 0.29) is 0 Å². The Balaban J connectivity index is 2.79. The molecule has 0 aliphatic rings. The Morgan fingerprint density at radius 2 is 1.24 bits per heavy atom. The summed E-state index contributed by atoms with van der Waals surface area (Å²) in [5, 5.41) is 0. The maximum atomic E-state index is 13.1. The average molecular weight is 305 g/mol. The fourth-order valence-electron chi connectivity index (χ4n) is 2.08. The van der Waals surface area contributed by atoms with Gasteiger partial charge in [-0.15, -0.1) is 0 Å². The van der Waals surface area contributed by atoms with E-state index in [1.54, 1.807) is 0 Å². The van der Waals surface area contributed by atoms with Gasteiger partial charge in [-0.1, -0.05) is 30.3 Å². The second kappa shape index (κ2) is 4.98. The molecule has 0 saturated heterocycles. The van der Waals surface area contributed by atoms with E-state index < -0.39 is 40.3 Å². The molecule has 2 aromatic carbocycles. The van der Waals surface area contributed by atoms with Crippen molar-refractivity contribution in [2.75, 3.05) is 5.73 Å². The minimum atomic E-state index is -4.85. The summed E-state index contributed by atoms with van der Waals surface area (Å²) in [5.74, 6) is 0. The molecule has 0 spiro atoms. The largest absolute Gasteiger partial charge is 0.418 e. The SMILES string of the molecule is Nc1cccc(-c2ccccc2C(F)(F)F)c1C(F)(F)F. The molecule has 1 nitrogen and oxygen atoms in total. The van der Waals surface area contributed by atoms with Crippen molar-refractivity contribution in [1.82, 2.24) is 0 Å². The molecule has 0 radical (unpaired) electrons. The molecular weight excluding hydrogens is 296 g/mol. The lowest BCUT2D eigenvalue weighted by Crippen LogP contribution is -2.13. The Labute approximate surface area is 116 Å². The Kier molecular flexibility index (Phi) is 3.61. The number of hydrogen-bond acceptors (Lipinski definition) is 1. The number of alkyl halides is 6. The number of nitrogen functional groups attached to an aromatic ring is 1. The van der Waals surface area contributed by atoms with Crippen molar-refractivity contribution in [2.24, 2.45) is 0 Å². The van der Waals surface area contributed by atoms with Gasteiger partial charge in [0.05, 0.1) is 11.1 Å². The van der Waals surface area contributed by atoms with E-state index in [1.807, 2.05) is 0 Å². The highest BCUT2D eigenvalue weighted by Crippen LogP contribution is 2.44. The third-order valence-corrected chi connectivity index (χ3v) is 2.90. The van der Waals surface area contributed by atoms with Crippen LogP contribution in [0.3, 0.4) is 0 Å². The molecule has 0 saturated carbocycles. The average Bonchev–Trinajstić information content (AvgIpc) is 2.36. The zero-order chi connectivity index (χ0) is 15.8. The standard InChI is InChI=1S/C14H9F6N/c15-13(16,17)10-6-2-1-4-8(10)9-5-3-7-11(21)12(9)14(18,19)20/h1-7H,21H2. The Bertz CT molecular complexity index is 657. The van der Waals surface area contributed by atoms with Crippen LogP contribution in [0.4, 0.5) is 32.0 Å². The van der Waals surface area contributed by atoms with Crippen molar-refractivity contribution in [3.05, 3.63) is 53.6 Å². The summed E-state index contributed by atoms with van der Waals surface area (Å²) in [6.07, 6.45) is -9.61. The van der Waals surface area contributed by atoms with Crippen molar-refractivity contribution in [3.8, 4) is 11.1 Å². The maximum Gasteiger partial charge on any atom is 0.418 e. The van der Waals surface area contributed by atoms with Crippen LogP contribution in [0, 0.1) is 0 Å². The molecule has 0 fully saturated rings. The van der Waals surface area contributed by atoms with Gasteiger partial charge in [-0.3, -0.25) is 0 Å². The highest BCUT2D eigenvalue weighted by atomic mass is 19.4. The number of halogens is 6. The van der Waals surface area contributed by atoms with Gasteiger partial charge in [-0.05, 0) is 23.3 Å². The molecule has 2 aromatic rings. The molecule has 0 aliphatic heterocycles. The van der Waals surface area contributed by atoms with Gasteiger partial charge in [-0.2, -0.15) is 26.3 Å². The van der Waals surface area contributed by atoms with Crippen LogP contribution in [0.5, 0.6) is 0 Å². The van der Waals surface area contributed by atoms with Crippen molar-refractivity contribution in [3.63, 3.8) is 0 Å². The molecule has 0 amide bonds. The third kappa shape index (κ3) is 2.96. The summed E-state index contributed by atoms with van der Waals surface area (Å²) in [6.45, 7) is 0. The normalized spacial score (nSPS) is 12.5. The van der Waals surface area contributed by atoms with E-state index >= 15 is 0 Å². The van der Waals surface area contributed by atoms with Gasteiger partial charge in [0.25, 0.3) is 0 Å². The topological polar surface area (TPSA) is 26.0 Å². The van der Waals surface area contributed by atoms with Crippen LogP contribution in [-0.4, -0.2) is 0 Å². The van der Waals surface area contributed by atoms with E-state index in [2.05, 4.69) is 0 Å². The lowest BCUT2D eigenvalue weighted by Gasteiger charge is -2.18. The van der Waals surface area contributed by atoms with Crippen molar-refractivity contribution < 1.29 is 26.3 Å². The summed E-state index contributed by atoms with van der Waals surface area (Å²) in [6, 6.07) is 7.25. The molecule has 0 aromatic heterocycles. The van der Waals surface area contributed by atoms with Crippen LogP contribution < -0.4 is 5.73 Å². The first-order valence-corrected chi connectivity index (χ1v) is 5.74. The molecule has 2 N–H and O–H groups in total. The lowest BCUT2D eigenvalue weighted by molar-refractivity contribution is -0.139. The number of anilines is 1. The summed E-state index contributed by atoms with van der Waals surface area (Å²) < 4.78 is 78.0. The number of benzene rings is 2. The smallest absolute Gasteiger partial charge is 0.398 e. The van der Waals surface area contributed by atoms with Gasteiger partial charge in [-0.25, -0.2) is 0 Å². The van der Waals surface area contributed by atoms with E-state index in [9.17, 15) is 26.3 Å². The van der Waals surface area contributed by atoms with Crippen molar-refractivity contribution in [1.29, 1.82) is 0 Å². The molecule has 0 bridgehead atoms. The highest BCUT2D eigenvalue weighted by Gasteiger charge is 2.39. The van der Waals surface area contributed by atoms with E-state index in [4.69, 9.17) is 5.73 Å². The first-order valence-electron chi connectivity index (χ1n) is 5.74. The minimum Gasteiger partial charge on any atom is -0.398 e. The fourth-order valence-corrected chi connectivity index (χ4v) is 2.08. The molecule has 112 valence electrons. The minimum absolute atomic E-state index is 0.551. The Morgan fingerprint density at radius 1 is 0.667 bits per heavy atom. The van der Waals surface area contributed by atoms with Gasteiger partial charge >= 0.3 is 12.4 Å². The van der Waals surface area contributed by atoms with Gasteiger partial charge in [0.15, 0.2) is 0 Å². The molecule has 2 rings (SSSR count). The Morgan fingerprint density at radius 3 is 1.81 bits per heavy atom. The van der Waals surface area contributed by atoms with Gasteiger partial charge < -0.3 is 5.73 Å². The zero-order valence-corrected chi connectivity index (χ0v) is 10.4. The predicted molar refractivity (Wildman–Crippen MR) is 66.3 cm³/mol. The predicted octanol–water partition coefficient (Wildman–Crippen LogP) is 4.97. The van der Waals surface area contributed by atoms with Crippen LogP contribution in [-0.2, 0) is 12.4 Å². The zero-order valence-electron chi connectivity index (χ0n) is 10.4. The van der Waals surface area contributed by atoms with Gasteiger partial charge in [0.1, 0.15) is 0 Å². The number of rotatable bonds is 1. The van der Waals surface area contributed by atoms with E-state index in [1.165, 1.54) is 12.1 Å². The van der Waals surface area contributed by atoms with E-state index in [0.29, 0.717) is 0 Å². The molecule has 0 unspecified atom stereocenters. The summed E-state index contributed by atoms with van der Waals surface area (Å²) >= 11 is 0. The molecule has 0 aliphatic carbocycles. The van der Waals surface area contributed by atoms with Crippen LogP contribution in [0.15, 0.2) is 42.5 Å². The van der Waals surface area contributed by atoms with E-state index in [0.717, 1.165) is 30.3 Å². The van der Waals surface area contributed by atoms with Crippen LogP contribution in [0.2, 0.25) is 0 Å². The quantitative estimate of drug-likeness (QED) is 0.584. The molecule has 7 heteroatoms. The Hall–Kier alpha value is -2.18. The van der Waals surface area contributed by atoms with Crippen molar-refractivity contribution in [2.45, 2.75) is 12.4 Å². The monoisotopic (exact) mass is 305 g/mol. The molecular formula is C14H9F6N. The van der Waals surface area contributed by atoms with Crippen LogP contribution in [0.1, 0.15) is 11.1 Å². The highest BCUT2D eigenvalue weighted by molar-refractivity contribution is 5.76. The van der Waals surface area contributed by atoms with Crippen molar-refractivity contribution >= 4 is 5.69 Å². The molecule has 0 atom stereocenters. The maximum absolute atomic E-state index is 13.1. The number of hydrogen-bond donors (Lipinski definition) is 1. The molecule has 21 heavy (non-hydrogen) atoms. The second-order valence-corrected chi connectivity index (χ2v) is 4.31. The first-order chi connectivity index (χ1) is 9.62.